The molecule has 5 heteroatoms. The Morgan fingerprint density at radius 1 is 1.57 bits per heavy atom. The molecule has 2 aromatic heterocycles. The van der Waals surface area contributed by atoms with Gasteiger partial charge >= 0.3 is 0 Å². The first kappa shape index (κ1) is 9.11. The monoisotopic (exact) mass is 192 g/mol. The van der Waals surface area contributed by atoms with E-state index in [1.165, 1.54) is 0 Å². The maximum atomic E-state index is 5.91. The van der Waals surface area contributed by atoms with Gasteiger partial charge in [-0.25, -0.2) is 4.52 Å². The number of hydrogen-bond acceptors (Lipinski definition) is 4. The van der Waals surface area contributed by atoms with Crippen molar-refractivity contribution in [2.24, 2.45) is 5.73 Å². The highest BCUT2D eigenvalue weighted by Crippen LogP contribution is 2.15. The molecule has 1 atom stereocenters. The number of nitrogens with two attached hydrogens (primary N) is 1. The average Bonchev–Trinajstić information content (AvgIpc) is 2.61. The summed E-state index contributed by atoms with van der Waals surface area (Å²) in [7, 11) is 1.63. The van der Waals surface area contributed by atoms with Crippen LogP contribution in [0.3, 0.4) is 0 Å². The molecule has 0 aromatic carbocycles. The fraction of sp³-hybridized carbons (Fsp3) is 0.333. The summed E-state index contributed by atoms with van der Waals surface area (Å²) in [5.41, 5.74) is 7.80. The number of fused-ring (bicyclic) bond motifs is 1. The highest BCUT2D eigenvalue weighted by molar-refractivity contribution is 5.53. The average molecular weight is 192 g/mol. The van der Waals surface area contributed by atoms with Crippen LogP contribution in [0.4, 0.5) is 0 Å². The van der Waals surface area contributed by atoms with Gasteiger partial charge in [0.25, 0.3) is 0 Å². The van der Waals surface area contributed by atoms with Gasteiger partial charge in [0, 0.05) is 25.1 Å². The molecule has 1 unspecified atom stereocenters. The second-order valence-corrected chi connectivity index (χ2v) is 3.07. The van der Waals surface area contributed by atoms with Crippen molar-refractivity contribution in [2.45, 2.75) is 6.04 Å². The highest BCUT2D eigenvalue weighted by atomic mass is 16.5. The quantitative estimate of drug-likeness (QED) is 0.763. The van der Waals surface area contributed by atoms with Crippen molar-refractivity contribution in [1.29, 1.82) is 0 Å². The summed E-state index contributed by atoms with van der Waals surface area (Å²) >= 11 is 0. The summed E-state index contributed by atoms with van der Waals surface area (Å²) in [6, 6.07) is -0.151. The normalized spacial score (nSPS) is 13.3. The van der Waals surface area contributed by atoms with Crippen molar-refractivity contribution in [1.82, 2.24) is 14.6 Å². The van der Waals surface area contributed by atoms with Crippen LogP contribution in [-0.2, 0) is 4.74 Å². The Morgan fingerprint density at radius 2 is 2.43 bits per heavy atom. The van der Waals surface area contributed by atoms with Crippen LogP contribution in [0.25, 0.3) is 5.52 Å². The molecule has 0 aliphatic rings. The zero-order chi connectivity index (χ0) is 9.97. The first-order valence-electron chi connectivity index (χ1n) is 4.34. The van der Waals surface area contributed by atoms with E-state index < -0.39 is 0 Å². The molecule has 0 saturated carbocycles. The molecule has 0 aliphatic carbocycles. The van der Waals surface area contributed by atoms with Gasteiger partial charge in [0.05, 0.1) is 30.6 Å². The Labute approximate surface area is 81.5 Å². The first-order valence-corrected chi connectivity index (χ1v) is 4.34. The maximum Gasteiger partial charge on any atom is 0.0893 e. The molecule has 2 aromatic rings. The Kier molecular flexibility index (Phi) is 2.43. The van der Waals surface area contributed by atoms with Gasteiger partial charge in [0.2, 0.25) is 0 Å². The lowest BCUT2D eigenvalue weighted by atomic mass is 10.1. The van der Waals surface area contributed by atoms with Crippen molar-refractivity contribution in [3.05, 3.63) is 30.4 Å². The molecule has 14 heavy (non-hydrogen) atoms. The third-order valence-electron chi connectivity index (χ3n) is 2.10. The predicted octanol–water partition coefficient (Wildman–Crippen LogP) is 0.375. The zero-order valence-electron chi connectivity index (χ0n) is 7.92. The molecular formula is C9H12N4O. The molecule has 2 rings (SSSR count). The van der Waals surface area contributed by atoms with Gasteiger partial charge in [-0.05, 0) is 0 Å². The molecule has 74 valence electrons. The van der Waals surface area contributed by atoms with Crippen molar-refractivity contribution < 1.29 is 4.74 Å². The lowest BCUT2D eigenvalue weighted by Crippen LogP contribution is -2.15. The van der Waals surface area contributed by atoms with E-state index >= 15 is 0 Å². The molecule has 0 radical (unpaired) electrons. The molecule has 0 saturated heterocycles. The van der Waals surface area contributed by atoms with E-state index in [9.17, 15) is 0 Å². The minimum Gasteiger partial charge on any atom is -0.383 e. The number of methoxy groups -OCH3 is 1. The lowest BCUT2D eigenvalue weighted by Gasteiger charge is -2.07. The standard InChI is InChI=1S/C9H12N4O/c1-14-6-8(10)7-4-12-13-3-2-11-5-9(7)13/h2-5,8H,6,10H2,1H3. The number of nitrogens with zero attached hydrogens (tertiary/aromatic N) is 3. The fourth-order valence-electron chi connectivity index (χ4n) is 1.41. The van der Waals surface area contributed by atoms with Crippen molar-refractivity contribution in [2.75, 3.05) is 13.7 Å². The van der Waals surface area contributed by atoms with Gasteiger partial charge in [-0.2, -0.15) is 5.10 Å². The molecule has 0 spiro atoms. The Balaban J connectivity index is 2.42. The van der Waals surface area contributed by atoms with E-state index in [0.717, 1.165) is 11.1 Å². The third kappa shape index (κ3) is 1.47. The van der Waals surface area contributed by atoms with E-state index in [4.69, 9.17) is 10.5 Å². The molecule has 0 aliphatic heterocycles. The molecule has 0 amide bonds. The number of hydrogen-bond donors (Lipinski definition) is 1. The van der Waals surface area contributed by atoms with Crippen LogP contribution >= 0.6 is 0 Å². The zero-order valence-corrected chi connectivity index (χ0v) is 7.92. The van der Waals surface area contributed by atoms with Crippen LogP contribution in [0.15, 0.2) is 24.8 Å². The lowest BCUT2D eigenvalue weighted by molar-refractivity contribution is 0.181. The smallest absolute Gasteiger partial charge is 0.0893 e. The van der Waals surface area contributed by atoms with E-state index in [1.807, 2.05) is 0 Å². The van der Waals surface area contributed by atoms with Crippen LogP contribution in [0.2, 0.25) is 0 Å². The van der Waals surface area contributed by atoms with E-state index in [2.05, 4.69) is 10.1 Å². The molecule has 5 nitrogen and oxygen atoms in total. The van der Waals surface area contributed by atoms with E-state index in [-0.39, 0.29) is 6.04 Å². The molecule has 0 fully saturated rings. The Hall–Kier alpha value is -1.46. The summed E-state index contributed by atoms with van der Waals surface area (Å²) in [4.78, 5) is 4.03. The molecular weight excluding hydrogens is 180 g/mol. The van der Waals surface area contributed by atoms with Crippen molar-refractivity contribution >= 4 is 5.52 Å². The summed E-state index contributed by atoms with van der Waals surface area (Å²) < 4.78 is 6.74. The number of ether oxygens (including phenoxy) is 1. The Morgan fingerprint density at radius 3 is 3.21 bits per heavy atom. The summed E-state index contributed by atoms with van der Waals surface area (Å²) in [5.74, 6) is 0. The van der Waals surface area contributed by atoms with E-state index in [1.54, 1.807) is 36.4 Å². The third-order valence-corrected chi connectivity index (χ3v) is 2.10. The predicted molar refractivity (Wildman–Crippen MR) is 51.8 cm³/mol. The second-order valence-electron chi connectivity index (χ2n) is 3.07. The Bertz CT molecular complexity index is 425. The van der Waals surface area contributed by atoms with Crippen LogP contribution in [0.5, 0.6) is 0 Å². The SMILES string of the molecule is COCC(N)c1cnn2ccncc12. The minimum atomic E-state index is -0.151. The topological polar surface area (TPSA) is 65.4 Å². The van der Waals surface area contributed by atoms with Gasteiger partial charge in [-0.15, -0.1) is 0 Å². The van der Waals surface area contributed by atoms with Crippen LogP contribution in [-0.4, -0.2) is 28.3 Å². The van der Waals surface area contributed by atoms with E-state index in [0.29, 0.717) is 6.61 Å². The molecule has 2 N–H and O–H groups in total. The van der Waals surface area contributed by atoms with Crippen molar-refractivity contribution in [3.63, 3.8) is 0 Å². The fourth-order valence-corrected chi connectivity index (χ4v) is 1.41. The van der Waals surface area contributed by atoms with Gasteiger partial charge in [-0.1, -0.05) is 0 Å². The van der Waals surface area contributed by atoms with Crippen LogP contribution in [0, 0.1) is 0 Å². The van der Waals surface area contributed by atoms with Gasteiger partial charge in [0.1, 0.15) is 0 Å². The molecule has 0 bridgehead atoms. The van der Waals surface area contributed by atoms with Gasteiger partial charge in [0.15, 0.2) is 0 Å². The van der Waals surface area contributed by atoms with Crippen molar-refractivity contribution in [3.8, 4) is 0 Å². The van der Waals surface area contributed by atoms with Gasteiger partial charge in [-0.3, -0.25) is 4.98 Å². The second kappa shape index (κ2) is 3.73. The highest BCUT2D eigenvalue weighted by Gasteiger charge is 2.11. The largest absolute Gasteiger partial charge is 0.383 e. The molecule has 2 heterocycles. The van der Waals surface area contributed by atoms with Crippen LogP contribution in [0.1, 0.15) is 11.6 Å². The number of rotatable bonds is 3. The van der Waals surface area contributed by atoms with Crippen LogP contribution < -0.4 is 5.73 Å². The summed E-state index contributed by atoms with van der Waals surface area (Å²) in [5, 5.41) is 4.16. The first-order chi connectivity index (χ1) is 6.83. The summed E-state index contributed by atoms with van der Waals surface area (Å²) in [6.45, 7) is 0.482. The summed E-state index contributed by atoms with van der Waals surface area (Å²) in [6.07, 6.45) is 6.97. The maximum absolute atomic E-state index is 5.91. The number of aromatic nitrogens is 3. The minimum absolute atomic E-state index is 0.151. The van der Waals surface area contributed by atoms with Gasteiger partial charge < -0.3 is 10.5 Å².